The zero-order chi connectivity index (χ0) is 9.62. The predicted octanol–water partition coefficient (Wildman–Crippen LogP) is 4.60. The van der Waals surface area contributed by atoms with Crippen molar-refractivity contribution >= 4 is 136 Å². The Bertz CT molecular complexity index is 190. The number of hydrogen-bond acceptors (Lipinski definition) is 2. The van der Waals surface area contributed by atoms with E-state index in [-0.39, 0.29) is 4.84 Å². The van der Waals surface area contributed by atoms with Crippen LogP contribution in [-0.2, 0) is 9.47 Å². The molecule has 0 unspecified atom stereocenters. The van der Waals surface area contributed by atoms with Crippen LogP contribution in [0.2, 0.25) is 0 Å². The summed E-state index contributed by atoms with van der Waals surface area (Å²) in [6.45, 7) is 0.619. The second-order valence-corrected chi connectivity index (χ2v) is 17.8. The summed E-state index contributed by atoms with van der Waals surface area (Å²) < 4.78 is 10.8. The average Bonchev–Trinajstić information content (AvgIpc) is 1.79. The molecule has 1 fully saturated rings. The Kier molecular flexibility index (Phi) is 5.85. The normalized spacial score (nSPS) is 31.5. The minimum absolute atomic E-state index is 0.238. The van der Waals surface area contributed by atoms with Gasteiger partial charge in [0.2, 0.25) is 3.23 Å². The van der Waals surface area contributed by atoms with Crippen molar-refractivity contribution in [1.82, 2.24) is 0 Å². The molecule has 1 saturated heterocycles. The molecule has 0 spiro atoms. The first kappa shape index (κ1) is 14.4. The van der Waals surface area contributed by atoms with Crippen molar-refractivity contribution in [3.63, 3.8) is 0 Å². The van der Waals surface area contributed by atoms with Gasteiger partial charge in [0.15, 0.2) is 1.61 Å². The summed E-state index contributed by atoms with van der Waals surface area (Å²) in [5.41, 5.74) is 0. The molecule has 0 saturated carbocycles. The maximum Gasteiger partial charge on any atom is 0.219 e. The van der Waals surface area contributed by atoms with Crippen LogP contribution in [0.15, 0.2) is 0 Å². The summed E-state index contributed by atoms with van der Waals surface area (Å²) in [5.74, 6) is 0. The molecule has 8 heteroatoms. The first-order valence-corrected chi connectivity index (χ1v) is 9.11. The van der Waals surface area contributed by atoms with Crippen LogP contribution in [0.3, 0.4) is 0 Å². The van der Waals surface area contributed by atoms with Crippen LogP contribution in [0.5, 0.6) is 0 Å². The Morgan fingerprint density at radius 1 is 0.833 bits per heavy atom. The maximum absolute atomic E-state index is 5.88. The summed E-state index contributed by atoms with van der Waals surface area (Å²) in [5, 5.41) is 0. The highest BCUT2D eigenvalue weighted by atomic mass is 127. The van der Waals surface area contributed by atoms with Crippen LogP contribution in [0, 0.1) is 0 Å². The van der Waals surface area contributed by atoms with Gasteiger partial charge in [-0.15, -0.1) is 0 Å². The van der Waals surface area contributed by atoms with Gasteiger partial charge in [-0.05, 0) is 136 Å². The van der Waals surface area contributed by atoms with E-state index in [1.54, 1.807) is 0 Å². The lowest BCUT2D eigenvalue weighted by molar-refractivity contribution is -0.0827. The van der Waals surface area contributed by atoms with Crippen LogP contribution < -0.4 is 0 Å². The fourth-order valence-electron chi connectivity index (χ4n) is 0.535. The SMILES string of the molecule is IC1(I)COC(I)(I)C(I)(I)O1. The molecule has 0 aliphatic carbocycles. The van der Waals surface area contributed by atoms with Gasteiger partial charge in [0, 0.05) is 0 Å². The average molecular weight is 843 g/mol. The summed E-state index contributed by atoms with van der Waals surface area (Å²) in [6, 6.07) is 0. The van der Waals surface area contributed by atoms with E-state index >= 15 is 0 Å². The molecule has 0 amide bonds. The third-order valence-electron chi connectivity index (χ3n) is 1.04. The fourth-order valence-corrected chi connectivity index (χ4v) is 4.79. The van der Waals surface area contributed by atoms with E-state index in [0.717, 1.165) is 0 Å². The molecular weight excluding hydrogens is 841 g/mol. The second kappa shape index (κ2) is 4.89. The highest BCUT2D eigenvalue weighted by molar-refractivity contribution is 14.2. The predicted molar refractivity (Wildman–Crippen MR) is 99.3 cm³/mol. The van der Waals surface area contributed by atoms with Gasteiger partial charge in [-0.2, -0.15) is 0 Å². The second-order valence-electron chi connectivity index (χ2n) is 2.06. The van der Waals surface area contributed by atoms with Crippen LogP contribution in [0.4, 0.5) is 0 Å². The minimum atomic E-state index is -0.315. The van der Waals surface area contributed by atoms with Gasteiger partial charge in [-0.25, -0.2) is 0 Å². The Morgan fingerprint density at radius 2 is 1.33 bits per heavy atom. The Morgan fingerprint density at radius 3 is 1.67 bits per heavy atom. The summed E-state index contributed by atoms with van der Waals surface area (Å²) in [7, 11) is 0. The number of halogens is 6. The Hall–Kier alpha value is 4.30. The van der Waals surface area contributed by atoms with Crippen LogP contribution in [0.1, 0.15) is 0 Å². The van der Waals surface area contributed by atoms with Crippen LogP contribution in [0.25, 0.3) is 0 Å². The van der Waals surface area contributed by atoms with Crippen molar-refractivity contribution < 1.29 is 9.47 Å². The number of rotatable bonds is 0. The molecule has 0 aromatic heterocycles. The van der Waals surface area contributed by atoms with Gasteiger partial charge in [0.05, 0.1) is 6.61 Å². The highest BCUT2D eigenvalue weighted by Gasteiger charge is 2.55. The molecule has 72 valence electrons. The van der Waals surface area contributed by atoms with E-state index in [2.05, 4.69) is 136 Å². The number of alkyl halides is 6. The van der Waals surface area contributed by atoms with Gasteiger partial charge in [-0.3, -0.25) is 0 Å². The first-order valence-electron chi connectivity index (χ1n) is 2.64. The topological polar surface area (TPSA) is 18.5 Å². The lowest BCUT2D eigenvalue weighted by Gasteiger charge is -2.44. The monoisotopic (exact) mass is 843 g/mol. The molecule has 1 aliphatic heterocycles. The minimum Gasteiger partial charge on any atom is -0.346 e. The van der Waals surface area contributed by atoms with E-state index < -0.39 is 0 Å². The van der Waals surface area contributed by atoms with Crippen molar-refractivity contribution in [2.24, 2.45) is 0 Å². The van der Waals surface area contributed by atoms with E-state index in [9.17, 15) is 0 Å². The third kappa shape index (κ3) is 3.66. The quantitative estimate of drug-likeness (QED) is 0.263. The molecule has 0 aromatic rings. The zero-order valence-electron chi connectivity index (χ0n) is 5.29. The van der Waals surface area contributed by atoms with Crippen molar-refractivity contribution in [1.29, 1.82) is 0 Å². The van der Waals surface area contributed by atoms with Crippen molar-refractivity contribution in [2.45, 2.75) is 4.84 Å². The largest absolute Gasteiger partial charge is 0.346 e. The fraction of sp³-hybridized carbons (Fsp3) is 1.00. The zero-order valence-corrected chi connectivity index (χ0v) is 18.2. The molecule has 0 radical (unpaired) electrons. The molecule has 0 atom stereocenters. The summed E-state index contributed by atoms with van der Waals surface area (Å²) >= 11 is 13.6. The van der Waals surface area contributed by atoms with Crippen molar-refractivity contribution in [3.8, 4) is 0 Å². The molecule has 0 N–H and O–H groups in total. The standard InChI is InChI=1S/C4H2I6O2/c5-2(6)1-11-3(7,8)4(9,10)12-2/h1H2. The summed E-state index contributed by atoms with van der Waals surface area (Å²) in [4.78, 5) is 0. The molecule has 0 aromatic carbocycles. The molecular formula is C4H2I6O2. The Balaban J connectivity index is 2.82. The molecule has 12 heavy (non-hydrogen) atoms. The number of ether oxygens (including phenoxy) is 2. The van der Waals surface area contributed by atoms with E-state index in [0.29, 0.717) is 6.61 Å². The van der Waals surface area contributed by atoms with Crippen LogP contribution in [-0.4, -0.2) is 11.5 Å². The Labute approximate surface area is 153 Å². The van der Waals surface area contributed by atoms with Gasteiger partial charge in [-0.1, -0.05) is 0 Å². The van der Waals surface area contributed by atoms with Gasteiger partial charge in [0.25, 0.3) is 0 Å². The lowest BCUT2D eigenvalue weighted by Crippen LogP contribution is -2.50. The highest BCUT2D eigenvalue weighted by Crippen LogP contribution is 2.58. The molecule has 1 heterocycles. The maximum atomic E-state index is 5.88. The molecule has 1 aliphatic rings. The van der Waals surface area contributed by atoms with Gasteiger partial charge < -0.3 is 9.47 Å². The third-order valence-corrected chi connectivity index (χ3v) is 10.3. The molecule has 2 nitrogen and oxygen atoms in total. The van der Waals surface area contributed by atoms with Crippen LogP contribution >= 0.6 is 136 Å². The van der Waals surface area contributed by atoms with E-state index in [1.807, 2.05) is 0 Å². The summed E-state index contributed by atoms with van der Waals surface area (Å²) in [6.07, 6.45) is 0. The van der Waals surface area contributed by atoms with Gasteiger partial charge in [0.1, 0.15) is 0 Å². The lowest BCUT2D eigenvalue weighted by atomic mass is 10.6. The molecule has 1 rings (SSSR count). The smallest absolute Gasteiger partial charge is 0.219 e. The number of hydrogen-bond donors (Lipinski definition) is 0. The van der Waals surface area contributed by atoms with Crippen molar-refractivity contribution in [2.75, 3.05) is 6.61 Å². The van der Waals surface area contributed by atoms with E-state index in [1.165, 1.54) is 0 Å². The first-order chi connectivity index (χ1) is 5.16. The molecule has 0 bridgehead atoms. The van der Waals surface area contributed by atoms with E-state index in [4.69, 9.17) is 9.47 Å². The van der Waals surface area contributed by atoms with Crippen molar-refractivity contribution in [3.05, 3.63) is 0 Å². The van der Waals surface area contributed by atoms with Gasteiger partial charge >= 0.3 is 0 Å².